The Balaban J connectivity index is 2.38. The predicted octanol–water partition coefficient (Wildman–Crippen LogP) is 2.72. The average molecular weight is 254 g/mol. The molecule has 0 aliphatic rings. The van der Waals surface area contributed by atoms with E-state index in [-0.39, 0.29) is 0 Å². The third-order valence-corrected chi connectivity index (χ3v) is 2.77. The molecule has 2 aromatic rings. The number of rotatable bonds is 4. The maximum absolute atomic E-state index is 5.66. The molecule has 4 heteroatoms. The molecule has 0 unspecified atom stereocenters. The summed E-state index contributed by atoms with van der Waals surface area (Å²) in [5.41, 5.74) is 10.2. The third kappa shape index (κ3) is 3.16. The van der Waals surface area contributed by atoms with Crippen LogP contribution in [0.4, 0.5) is 0 Å². The zero-order valence-electron chi connectivity index (χ0n) is 11.3. The summed E-state index contributed by atoms with van der Waals surface area (Å²) in [7, 11) is 0. The van der Waals surface area contributed by atoms with Gasteiger partial charge in [0.25, 0.3) is 0 Å². The van der Waals surface area contributed by atoms with E-state index in [1.165, 1.54) is 0 Å². The van der Waals surface area contributed by atoms with Gasteiger partial charge in [-0.3, -0.25) is 15.0 Å². The predicted molar refractivity (Wildman–Crippen MR) is 80.1 cm³/mol. The van der Waals surface area contributed by atoms with Crippen LogP contribution in [0.15, 0.2) is 35.6 Å². The first-order valence-corrected chi connectivity index (χ1v) is 6.40. The van der Waals surface area contributed by atoms with Gasteiger partial charge in [0.15, 0.2) is 0 Å². The number of nitrogens with two attached hydrogens (primary N) is 1. The number of fused-ring (bicyclic) bond motifs is 1. The number of allylic oxidation sites excluding steroid dienone is 1. The van der Waals surface area contributed by atoms with Gasteiger partial charge < -0.3 is 5.73 Å². The second kappa shape index (κ2) is 6.09. The standard InChI is InChI=1S/C15H18N4/c1-3-6-17-9-13(8-16)12-7-15-14(18-10-12)5-4-11(2)19-15/h4-5,7-10H,3,6,16H2,1-2H3. The second-order valence-corrected chi connectivity index (χ2v) is 4.37. The minimum atomic E-state index is 0.801. The summed E-state index contributed by atoms with van der Waals surface area (Å²) in [4.78, 5) is 13.2. The fourth-order valence-corrected chi connectivity index (χ4v) is 1.77. The van der Waals surface area contributed by atoms with Gasteiger partial charge in [0.05, 0.1) is 11.0 Å². The monoisotopic (exact) mass is 254 g/mol. The van der Waals surface area contributed by atoms with E-state index in [0.29, 0.717) is 0 Å². The summed E-state index contributed by atoms with van der Waals surface area (Å²) in [5, 5.41) is 0. The van der Waals surface area contributed by atoms with Crippen molar-refractivity contribution in [1.82, 2.24) is 9.97 Å². The largest absolute Gasteiger partial charge is 0.404 e. The Labute approximate surface area is 113 Å². The van der Waals surface area contributed by atoms with E-state index in [9.17, 15) is 0 Å². The molecule has 4 nitrogen and oxygen atoms in total. The highest BCUT2D eigenvalue weighted by Gasteiger charge is 2.03. The Morgan fingerprint density at radius 3 is 2.95 bits per heavy atom. The fourth-order valence-electron chi connectivity index (χ4n) is 1.77. The van der Waals surface area contributed by atoms with Crippen molar-refractivity contribution >= 4 is 22.8 Å². The van der Waals surface area contributed by atoms with Crippen LogP contribution < -0.4 is 5.73 Å². The Bertz CT molecular complexity index is 629. The van der Waals surface area contributed by atoms with E-state index in [2.05, 4.69) is 21.9 Å². The zero-order valence-corrected chi connectivity index (χ0v) is 11.3. The smallest absolute Gasteiger partial charge is 0.0896 e. The summed E-state index contributed by atoms with van der Waals surface area (Å²) >= 11 is 0. The number of aryl methyl sites for hydroxylation is 1. The molecule has 2 N–H and O–H groups in total. The highest BCUT2D eigenvalue weighted by molar-refractivity contribution is 6.10. The van der Waals surface area contributed by atoms with Crippen LogP contribution in [0.5, 0.6) is 0 Å². The first kappa shape index (κ1) is 13.2. The summed E-state index contributed by atoms with van der Waals surface area (Å²) in [5.74, 6) is 0. The van der Waals surface area contributed by atoms with Crippen molar-refractivity contribution in [2.75, 3.05) is 6.54 Å². The van der Waals surface area contributed by atoms with Crippen molar-refractivity contribution in [3.63, 3.8) is 0 Å². The molecule has 0 aliphatic heterocycles. The van der Waals surface area contributed by atoms with Crippen molar-refractivity contribution in [1.29, 1.82) is 0 Å². The van der Waals surface area contributed by atoms with Crippen LogP contribution in [0.2, 0.25) is 0 Å². The van der Waals surface area contributed by atoms with E-state index in [1.54, 1.807) is 18.6 Å². The third-order valence-electron chi connectivity index (χ3n) is 2.77. The molecule has 0 saturated carbocycles. The number of nitrogens with zero attached hydrogens (tertiary/aromatic N) is 3. The Kier molecular flexibility index (Phi) is 4.23. The first-order chi connectivity index (χ1) is 9.24. The lowest BCUT2D eigenvalue weighted by Crippen LogP contribution is -1.95. The minimum Gasteiger partial charge on any atom is -0.404 e. The first-order valence-electron chi connectivity index (χ1n) is 6.40. The van der Waals surface area contributed by atoms with E-state index in [4.69, 9.17) is 5.73 Å². The lowest BCUT2D eigenvalue weighted by atomic mass is 10.1. The van der Waals surface area contributed by atoms with Gasteiger partial charge >= 0.3 is 0 Å². The topological polar surface area (TPSA) is 64.2 Å². The fraction of sp³-hybridized carbons (Fsp3) is 0.267. The van der Waals surface area contributed by atoms with Crippen LogP contribution >= 0.6 is 0 Å². The van der Waals surface area contributed by atoms with Crippen LogP contribution in [0, 0.1) is 6.92 Å². The van der Waals surface area contributed by atoms with Gasteiger partial charge in [0.2, 0.25) is 0 Å². The van der Waals surface area contributed by atoms with Crippen molar-refractivity contribution in [3.05, 3.63) is 41.9 Å². The highest BCUT2D eigenvalue weighted by Crippen LogP contribution is 2.16. The summed E-state index contributed by atoms with van der Waals surface area (Å²) < 4.78 is 0. The quantitative estimate of drug-likeness (QED) is 0.853. The number of aromatic nitrogens is 2. The molecule has 2 heterocycles. The number of aliphatic imine (C=N–C) groups is 1. The van der Waals surface area contributed by atoms with Gasteiger partial charge in [-0.1, -0.05) is 6.92 Å². The van der Waals surface area contributed by atoms with E-state index in [0.717, 1.165) is 40.8 Å². The summed E-state index contributed by atoms with van der Waals surface area (Å²) in [6, 6.07) is 5.92. The van der Waals surface area contributed by atoms with Crippen molar-refractivity contribution in [2.24, 2.45) is 10.7 Å². The van der Waals surface area contributed by atoms with Gasteiger partial charge in [-0.25, -0.2) is 0 Å². The second-order valence-electron chi connectivity index (χ2n) is 4.37. The molecule has 2 rings (SSSR count). The number of hydrogen-bond donors (Lipinski definition) is 1. The molecular weight excluding hydrogens is 236 g/mol. The summed E-state index contributed by atoms with van der Waals surface area (Å²) in [6.45, 7) is 4.86. The molecule has 0 amide bonds. The average Bonchev–Trinajstić information content (AvgIpc) is 2.43. The van der Waals surface area contributed by atoms with Crippen molar-refractivity contribution < 1.29 is 0 Å². The number of pyridine rings is 2. The lowest BCUT2D eigenvalue weighted by molar-refractivity contribution is 0.938. The number of hydrogen-bond acceptors (Lipinski definition) is 4. The molecule has 0 saturated heterocycles. The van der Waals surface area contributed by atoms with Crippen LogP contribution in [-0.4, -0.2) is 22.7 Å². The molecular formula is C15H18N4. The van der Waals surface area contributed by atoms with Gasteiger partial charge in [-0.15, -0.1) is 0 Å². The van der Waals surface area contributed by atoms with Gasteiger partial charge in [0.1, 0.15) is 0 Å². The Morgan fingerprint density at radius 1 is 1.37 bits per heavy atom. The van der Waals surface area contributed by atoms with E-state index < -0.39 is 0 Å². The maximum atomic E-state index is 5.66. The Morgan fingerprint density at radius 2 is 2.21 bits per heavy atom. The van der Waals surface area contributed by atoms with Gasteiger partial charge in [0, 0.05) is 42.0 Å². The highest BCUT2D eigenvalue weighted by atomic mass is 14.8. The van der Waals surface area contributed by atoms with Gasteiger partial charge in [-0.2, -0.15) is 0 Å². The normalized spacial score (nSPS) is 12.4. The molecule has 98 valence electrons. The van der Waals surface area contributed by atoms with E-state index >= 15 is 0 Å². The molecule has 0 aliphatic carbocycles. The minimum absolute atomic E-state index is 0.801. The molecule has 19 heavy (non-hydrogen) atoms. The van der Waals surface area contributed by atoms with Crippen LogP contribution in [0.25, 0.3) is 16.6 Å². The zero-order chi connectivity index (χ0) is 13.7. The Hall–Kier alpha value is -2.23. The van der Waals surface area contributed by atoms with Crippen LogP contribution in [-0.2, 0) is 0 Å². The van der Waals surface area contributed by atoms with Crippen molar-refractivity contribution in [3.8, 4) is 0 Å². The van der Waals surface area contributed by atoms with Crippen LogP contribution in [0.3, 0.4) is 0 Å². The van der Waals surface area contributed by atoms with Crippen molar-refractivity contribution in [2.45, 2.75) is 20.3 Å². The van der Waals surface area contributed by atoms with Gasteiger partial charge in [-0.05, 0) is 31.5 Å². The molecule has 0 atom stereocenters. The van der Waals surface area contributed by atoms with E-state index in [1.807, 2.05) is 25.1 Å². The molecule has 0 spiro atoms. The molecule has 0 radical (unpaired) electrons. The summed E-state index contributed by atoms with van der Waals surface area (Å²) in [6.07, 6.45) is 6.17. The maximum Gasteiger partial charge on any atom is 0.0896 e. The molecule has 2 aromatic heterocycles. The van der Waals surface area contributed by atoms with Crippen LogP contribution in [0.1, 0.15) is 24.6 Å². The molecule has 0 fully saturated rings. The molecule has 0 bridgehead atoms. The lowest BCUT2D eigenvalue weighted by Gasteiger charge is -2.03. The SMILES string of the molecule is CCCN=CC(=CN)c1cnc2ccc(C)nc2c1. The molecule has 0 aromatic carbocycles.